The molecule has 1 aliphatic heterocycles. The van der Waals surface area contributed by atoms with Gasteiger partial charge in [-0.15, -0.1) is 0 Å². The van der Waals surface area contributed by atoms with Gasteiger partial charge < -0.3 is 34.4 Å². The van der Waals surface area contributed by atoms with E-state index in [4.69, 9.17) is 14.2 Å². The number of methoxy groups -OCH3 is 2. The summed E-state index contributed by atoms with van der Waals surface area (Å²) in [5, 5.41) is 11.8. The van der Waals surface area contributed by atoms with Crippen molar-refractivity contribution in [2.75, 3.05) is 45.3 Å². The third-order valence-corrected chi connectivity index (χ3v) is 5.81. The molecule has 1 fully saturated rings. The monoisotopic (exact) mass is 485 g/mol. The fraction of sp³-hybridized carbons (Fsp3) is 0.400. The fourth-order valence-corrected chi connectivity index (χ4v) is 3.83. The predicted molar refractivity (Wildman–Crippen MR) is 129 cm³/mol. The van der Waals surface area contributed by atoms with E-state index < -0.39 is 18.1 Å². The SMILES string of the molecule is COc1ccc(OC)c(N2CCN(C(=O)CC[C@H](NC(=O)OCc3ccccc3)C(=O)O)CC2)c1. The number of nitrogens with zero attached hydrogens (tertiary/aromatic N) is 2. The summed E-state index contributed by atoms with van der Waals surface area (Å²) in [4.78, 5) is 40.2. The van der Waals surface area contributed by atoms with Gasteiger partial charge in [-0.05, 0) is 24.1 Å². The number of carboxylic acids is 1. The second kappa shape index (κ2) is 12.5. The molecule has 188 valence electrons. The number of alkyl carbamates (subject to hydrolysis) is 1. The minimum absolute atomic E-state index is 0.00157. The van der Waals surface area contributed by atoms with Crippen LogP contribution in [0.15, 0.2) is 48.5 Å². The number of aliphatic carboxylic acids is 1. The number of anilines is 1. The van der Waals surface area contributed by atoms with Gasteiger partial charge in [0.05, 0.1) is 19.9 Å². The van der Waals surface area contributed by atoms with E-state index in [1.54, 1.807) is 31.3 Å². The second-order valence-electron chi connectivity index (χ2n) is 8.04. The van der Waals surface area contributed by atoms with Gasteiger partial charge in [0.2, 0.25) is 5.91 Å². The summed E-state index contributed by atoms with van der Waals surface area (Å²) in [5.41, 5.74) is 1.68. The lowest BCUT2D eigenvalue weighted by molar-refractivity contribution is -0.140. The molecule has 2 amide bonds. The molecule has 1 atom stereocenters. The summed E-state index contributed by atoms with van der Waals surface area (Å²) < 4.78 is 15.9. The van der Waals surface area contributed by atoms with E-state index in [1.165, 1.54) is 0 Å². The van der Waals surface area contributed by atoms with Gasteiger partial charge in [-0.2, -0.15) is 0 Å². The minimum Gasteiger partial charge on any atom is -0.497 e. The smallest absolute Gasteiger partial charge is 0.408 e. The Kier molecular flexibility index (Phi) is 9.16. The van der Waals surface area contributed by atoms with Gasteiger partial charge in [0.15, 0.2) is 0 Å². The lowest BCUT2D eigenvalue weighted by Crippen LogP contribution is -2.49. The number of rotatable bonds is 10. The number of carbonyl (C=O) groups is 3. The highest BCUT2D eigenvalue weighted by Gasteiger charge is 2.26. The highest BCUT2D eigenvalue weighted by molar-refractivity contribution is 5.82. The van der Waals surface area contributed by atoms with Crippen LogP contribution in [0.1, 0.15) is 18.4 Å². The molecule has 2 N–H and O–H groups in total. The molecular weight excluding hydrogens is 454 g/mol. The topological polar surface area (TPSA) is 118 Å². The number of hydrogen-bond donors (Lipinski definition) is 2. The highest BCUT2D eigenvalue weighted by atomic mass is 16.5. The Morgan fingerprint density at radius 2 is 1.71 bits per heavy atom. The molecule has 10 nitrogen and oxygen atoms in total. The maximum atomic E-state index is 12.7. The van der Waals surface area contributed by atoms with E-state index >= 15 is 0 Å². The van der Waals surface area contributed by atoms with Crippen LogP contribution in [-0.4, -0.2) is 74.4 Å². The zero-order valence-electron chi connectivity index (χ0n) is 19.9. The third kappa shape index (κ3) is 7.26. The van der Waals surface area contributed by atoms with Gasteiger partial charge in [-0.25, -0.2) is 9.59 Å². The van der Waals surface area contributed by atoms with Crippen LogP contribution in [0.2, 0.25) is 0 Å². The first-order valence-electron chi connectivity index (χ1n) is 11.4. The molecule has 0 bridgehead atoms. The van der Waals surface area contributed by atoms with Crippen molar-refractivity contribution in [3.63, 3.8) is 0 Å². The summed E-state index contributed by atoms with van der Waals surface area (Å²) in [5.74, 6) is 0.0614. The number of nitrogens with one attached hydrogen (secondary N) is 1. The number of hydrogen-bond acceptors (Lipinski definition) is 7. The first kappa shape index (κ1) is 25.7. The second-order valence-corrected chi connectivity index (χ2v) is 8.04. The molecule has 2 aromatic rings. The molecule has 0 aliphatic carbocycles. The molecule has 1 heterocycles. The molecule has 0 radical (unpaired) electrons. The van der Waals surface area contributed by atoms with Crippen LogP contribution in [0.4, 0.5) is 10.5 Å². The fourth-order valence-electron chi connectivity index (χ4n) is 3.83. The van der Waals surface area contributed by atoms with Crippen molar-refractivity contribution in [3.8, 4) is 11.5 Å². The Labute approximate surface area is 204 Å². The molecule has 35 heavy (non-hydrogen) atoms. The zero-order valence-corrected chi connectivity index (χ0v) is 19.9. The Morgan fingerprint density at radius 1 is 1.00 bits per heavy atom. The molecule has 1 aliphatic rings. The Balaban J connectivity index is 1.47. The molecule has 3 rings (SSSR count). The highest BCUT2D eigenvalue weighted by Crippen LogP contribution is 2.32. The number of amides is 2. The van der Waals surface area contributed by atoms with E-state index in [9.17, 15) is 19.5 Å². The Morgan fingerprint density at radius 3 is 2.34 bits per heavy atom. The first-order chi connectivity index (χ1) is 16.9. The van der Waals surface area contributed by atoms with Crippen LogP contribution in [0.3, 0.4) is 0 Å². The summed E-state index contributed by atoms with van der Waals surface area (Å²) in [6.07, 6.45) is -0.869. The van der Waals surface area contributed by atoms with Crippen LogP contribution in [-0.2, 0) is 20.9 Å². The maximum absolute atomic E-state index is 12.7. The van der Waals surface area contributed by atoms with Crippen LogP contribution >= 0.6 is 0 Å². The normalized spacial score (nSPS) is 14.1. The van der Waals surface area contributed by atoms with Crippen molar-refractivity contribution in [1.82, 2.24) is 10.2 Å². The average molecular weight is 486 g/mol. The van der Waals surface area contributed by atoms with Gasteiger partial charge in [0.25, 0.3) is 0 Å². The van der Waals surface area contributed by atoms with Gasteiger partial charge in [-0.1, -0.05) is 30.3 Å². The van der Waals surface area contributed by atoms with E-state index in [1.807, 2.05) is 36.4 Å². The van der Waals surface area contributed by atoms with Gasteiger partial charge in [0.1, 0.15) is 24.1 Å². The number of carboxylic acid groups (broad SMARTS) is 1. The summed E-state index contributed by atoms with van der Waals surface area (Å²) in [6, 6.07) is 13.4. The molecule has 0 aromatic heterocycles. The summed E-state index contributed by atoms with van der Waals surface area (Å²) in [7, 11) is 3.21. The molecular formula is C25H31N3O7. The standard InChI is InChI=1S/C25H31N3O7/c1-33-19-8-10-22(34-2)21(16-19)27-12-14-28(15-13-27)23(29)11-9-20(24(30)31)26-25(32)35-17-18-6-4-3-5-7-18/h3-8,10,16,20H,9,11-15,17H2,1-2H3,(H,26,32)(H,30,31)/t20-/m0/s1. The van der Waals surface area contributed by atoms with Crippen molar-refractivity contribution in [3.05, 3.63) is 54.1 Å². The van der Waals surface area contributed by atoms with Gasteiger partial charge in [0, 0.05) is 38.7 Å². The van der Waals surface area contributed by atoms with Crippen molar-refractivity contribution in [2.45, 2.75) is 25.5 Å². The van der Waals surface area contributed by atoms with Crippen molar-refractivity contribution in [1.29, 1.82) is 0 Å². The van der Waals surface area contributed by atoms with Crippen LogP contribution in [0.5, 0.6) is 11.5 Å². The first-order valence-corrected chi connectivity index (χ1v) is 11.4. The zero-order chi connectivity index (χ0) is 25.2. The molecule has 10 heteroatoms. The number of benzene rings is 2. The van der Waals surface area contributed by atoms with Crippen molar-refractivity contribution < 1.29 is 33.7 Å². The molecule has 0 unspecified atom stereocenters. The van der Waals surface area contributed by atoms with E-state index in [0.717, 1.165) is 17.0 Å². The molecule has 0 spiro atoms. The largest absolute Gasteiger partial charge is 0.497 e. The van der Waals surface area contributed by atoms with Gasteiger partial charge >= 0.3 is 12.1 Å². The number of piperazine rings is 1. The maximum Gasteiger partial charge on any atom is 0.408 e. The average Bonchev–Trinajstić information content (AvgIpc) is 2.89. The van der Waals surface area contributed by atoms with E-state index in [2.05, 4.69) is 10.2 Å². The quantitative estimate of drug-likeness (QED) is 0.527. The predicted octanol–water partition coefficient (Wildman–Crippen LogP) is 2.51. The van der Waals surface area contributed by atoms with Crippen LogP contribution in [0, 0.1) is 0 Å². The number of carbonyl (C=O) groups excluding carboxylic acids is 2. The lowest BCUT2D eigenvalue weighted by Gasteiger charge is -2.37. The number of ether oxygens (including phenoxy) is 3. The van der Waals surface area contributed by atoms with Gasteiger partial charge in [-0.3, -0.25) is 4.79 Å². The molecule has 0 saturated carbocycles. The minimum atomic E-state index is -1.22. The van der Waals surface area contributed by atoms with Crippen molar-refractivity contribution >= 4 is 23.7 Å². The summed E-state index contributed by atoms with van der Waals surface area (Å²) in [6.45, 7) is 2.20. The Bertz CT molecular complexity index is 1010. The van der Waals surface area contributed by atoms with E-state index in [-0.39, 0.29) is 25.4 Å². The molecule has 1 saturated heterocycles. The lowest BCUT2D eigenvalue weighted by atomic mass is 10.1. The molecule has 2 aromatic carbocycles. The summed E-state index contributed by atoms with van der Waals surface area (Å²) >= 11 is 0. The third-order valence-electron chi connectivity index (χ3n) is 5.81. The van der Waals surface area contributed by atoms with Crippen molar-refractivity contribution in [2.24, 2.45) is 0 Å². The van der Waals surface area contributed by atoms with Crippen LogP contribution in [0.25, 0.3) is 0 Å². The van der Waals surface area contributed by atoms with E-state index in [0.29, 0.717) is 31.9 Å². The van der Waals surface area contributed by atoms with Crippen LogP contribution < -0.4 is 19.7 Å². The Hall–Kier alpha value is -3.95.